The van der Waals surface area contributed by atoms with Crippen molar-refractivity contribution in [3.8, 4) is 0 Å². The summed E-state index contributed by atoms with van der Waals surface area (Å²) in [6, 6.07) is 0. The van der Waals surface area contributed by atoms with Gasteiger partial charge < -0.3 is 0 Å². The molecule has 0 heterocycles. The molecule has 0 spiro atoms. The highest BCUT2D eigenvalue weighted by Crippen LogP contribution is 2.80. The van der Waals surface area contributed by atoms with Crippen molar-refractivity contribution in [1.29, 1.82) is 0 Å². The topological polar surface area (TPSA) is 34.1 Å². The van der Waals surface area contributed by atoms with Gasteiger partial charge in [-0.2, -0.15) is 0 Å². The lowest BCUT2D eigenvalue weighted by atomic mass is 9.65. The number of hydrogen-bond acceptors (Lipinski definition) is 2. The van der Waals surface area contributed by atoms with Crippen molar-refractivity contribution in [2.75, 3.05) is 0 Å². The third-order valence-corrected chi connectivity index (χ3v) is 7.43. The van der Waals surface area contributed by atoms with Crippen molar-refractivity contribution in [2.45, 2.75) is 54.4 Å². The van der Waals surface area contributed by atoms with Gasteiger partial charge in [-0.05, 0) is 52.8 Å². The molecule has 0 saturated heterocycles. The van der Waals surface area contributed by atoms with E-state index in [9.17, 15) is 9.59 Å². The fourth-order valence-electron chi connectivity index (χ4n) is 7.19. The monoisotopic (exact) mass is 302 g/mol. The summed E-state index contributed by atoms with van der Waals surface area (Å²) in [6.07, 6.45) is 1.54. The van der Waals surface area contributed by atoms with Gasteiger partial charge in [-0.1, -0.05) is 41.5 Å². The zero-order chi connectivity index (χ0) is 16.2. The quantitative estimate of drug-likeness (QED) is 0.687. The Balaban J connectivity index is 1.69. The molecule has 8 atom stereocenters. The Morgan fingerprint density at radius 1 is 0.773 bits per heavy atom. The second-order valence-electron chi connectivity index (χ2n) is 10.7. The first-order valence-electron chi connectivity index (χ1n) is 9.09. The molecule has 8 unspecified atom stereocenters. The van der Waals surface area contributed by atoms with Crippen molar-refractivity contribution in [3.63, 3.8) is 0 Å². The molecule has 2 nitrogen and oxygen atoms in total. The molecule has 4 bridgehead atoms. The molecule has 22 heavy (non-hydrogen) atoms. The van der Waals surface area contributed by atoms with Crippen LogP contribution in [0.2, 0.25) is 0 Å². The highest BCUT2D eigenvalue weighted by molar-refractivity contribution is 6.09. The summed E-state index contributed by atoms with van der Waals surface area (Å²) in [5.74, 6) is 4.97. The predicted octanol–water partition coefficient (Wildman–Crippen LogP) is 3.98. The maximum Gasteiger partial charge on any atom is 0.144 e. The summed E-state index contributed by atoms with van der Waals surface area (Å²) in [4.78, 5) is 25.2. The molecule has 0 amide bonds. The maximum absolute atomic E-state index is 12.7. The van der Waals surface area contributed by atoms with E-state index >= 15 is 0 Å². The van der Waals surface area contributed by atoms with Crippen LogP contribution in [0.5, 0.6) is 0 Å². The summed E-state index contributed by atoms with van der Waals surface area (Å²) in [5.41, 5.74) is 0.263. The van der Waals surface area contributed by atoms with Crippen LogP contribution in [0, 0.1) is 58.2 Å². The lowest BCUT2D eigenvalue weighted by molar-refractivity contribution is -0.126. The molecule has 0 aromatic heterocycles. The molecule has 0 radical (unpaired) electrons. The number of Topliss-reactive ketones (excluding diaryl/α,β-unsaturated/α-hetero) is 2. The van der Waals surface area contributed by atoms with Crippen LogP contribution >= 0.6 is 0 Å². The van der Waals surface area contributed by atoms with E-state index in [-0.39, 0.29) is 35.2 Å². The van der Waals surface area contributed by atoms with Crippen LogP contribution in [0.1, 0.15) is 54.4 Å². The van der Waals surface area contributed by atoms with E-state index in [4.69, 9.17) is 0 Å². The Bertz CT molecular complexity index is 547. The molecule has 0 aliphatic heterocycles. The summed E-state index contributed by atoms with van der Waals surface area (Å²) < 4.78 is 0. The normalized spacial score (nSPS) is 50.1. The summed E-state index contributed by atoms with van der Waals surface area (Å²) in [6.45, 7) is 13.5. The van der Waals surface area contributed by atoms with Crippen molar-refractivity contribution < 1.29 is 9.59 Å². The predicted molar refractivity (Wildman–Crippen MR) is 86.1 cm³/mol. The van der Waals surface area contributed by atoms with E-state index in [1.165, 1.54) is 6.42 Å². The fraction of sp³-hybridized carbons (Fsp3) is 0.900. The second kappa shape index (κ2) is 4.05. The molecule has 5 fully saturated rings. The van der Waals surface area contributed by atoms with Gasteiger partial charge in [0.25, 0.3) is 0 Å². The van der Waals surface area contributed by atoms with Crippen molar-refractivity contribution in [3.05, 3.63) is 0 Å². The average molecular weight is 302 g/mol. The van der Waals surface area contributed by atoms with E-state index in [0.29, 0.717) is 17.3 Å². The summed E-state index contributed by atoms with van der Waals surface area (Å²) in [5, 5.41) is 0. The Morgan fingerprint density at radius 3 is 1.86 bits per heavy atom. The lowest BCUT2D eigenvalue weighted by Crippen LogP contribution is -2.38. The molecule has 0 aromatic rings. The van der Waals surface area contributed by atoms with Gasteiger partial charge in [0.15, 0.2) is 0 Å². The maximum atomic E-state index is 12.7. The molecule has 0 N–H and O–H groups in total. The van der Waals surface area contributed by atoms with Gasteiger partial charge in [0.2, 0.25) is 0 Å². The number of rotatable bonds is 1. The van der Waals surface area contributed by atoms with Gasteiger partial charge >= 0.3 is 0 Å². The highest BCUT2D eigenvalue weighted by Gasteiger charge is 2.77. The van der Waals surface area contributed by atoms with Crippen molar-refractivity contribution >= 4 is 11.6 Å². The average Bonchev–Trinajstić information content (AvgIpc) is 2.73. The summed E-state index contributed by atoms with van der Waals surface area (Å²) >= 11 is 0. The molecule has 5 rings (SSSR count). The minimum Gasteiger partial charge on any atom is -0.299 e. The van der Waals surface area contributed by atoms with Crippen LogP contribution in [-0.2, 0) is 9.59 Å². The molecule has 2 heteroatoms. The van der Waals surface area contributed by atoms with Crippen LogP contribution in [0.15, 0.2) is 0 Å². The third kappa shape index (κ3) is 1.73. The number of carbonyl (C=O) groups excluding carboxylic acids is 2. The molecular formula is C20H30O2. The Hall–Kier alpha value is -0.660. The number of hydrogen-bond donors (Lipinski definition) is 0. The second-order valence-corrected chi connectivity index (χ2v) is 10.7. The minimum atomic E-state index is -0.0809. The van der Waals surface area contributed by atoms with Crippen LogP contribution in [-0.4, -0.2) is 11.6 Å². The summed E-state index contributed by atoms with van der Waals surface area (Å²) in [7, 11) is 0. The number of ketones is 2. The zero-order valence-corrected chi connectivity index (χ0v) is 14.8. The zero-order valence-electron chi connectivity index (χ0n) is 14.8. The fourth-order valence-corrected chi connectivity index (χ4v) is 7.19. The van der Waals surface area contributed by atoms with E-state index in [1.54, 1.807) is 0 Å². The van der Waals surface area contributed by atoms with E-state index < -0.39 is 0 Å². The minimum absolute atomic E-state index is 0.0323. The molecular weight excluding hydrogens is 272 g/mol. The van der Waals surface area contributed by atoms with Crippen LogP contribution < -0.4 is 0 Å². The van der Waals surface area contributed by atoms with Crippen LogP contribution in [0.25, 0.3) is 0 Å². The van der Waals surface area contributed by atoms with Crippen molar-refractivity contribution in [2.24, 2.45) is 58.2 Å². The van der Waals surface area contributed by atoms with Gasteiger partial charge in [0.05, 0.1) is 6.42 Å². The Morgan fingerprint density at radius 2 is 1.41 bits per heavy atom. The van der Waals surface area contributed by atoms with Gasteiger partial charge in [-0.15, -0.1) is 0 Å². The third-order valence-electron chi connectivity index (χ3n) is 7.43. The Kier molecular flexibility index (Phi) is 2.74. The molecule has 0 aromatic carbocycles. The molecule has 5 saturated carbocycles. The Labute approximate surface area is 134 Å². The smallest absolute Gasteiger partial charge is 0.144 e. The van der Waals surface area contributed by atoms with Gasteiger partial charge in [0, 0.05) is 11.8 Å². The van der Waals surface area contributed by atoms with Crippen LogP contribution in [0.3, 0.4) is 0 Å². The molecule has 5 aliphatic carbocycles. The first-order valence-corrected chi connectivity index (χ1v) is 9.09. The van der Waals surface area contributed by atoms with E-state index in [1.807, 2.05) is 0 Å². The number of carbonyl (C=O) groups is 2. The van der Waals surface area contributed by atoms with Gasteiger partial charge in [-0.25, -0.2) is 0 Å². The van der Waals surface area contributed by atoms with Gasteiger partial charge in [-0.3, -0.25) is 9.59 Å². The van der Waals surface area contributed by atoms with Gasteiger partial charge in [0.1, 0.15) is 11.6 Å². The standard InChI is InChI=1S/C20H30O2/c1-19(2,3)17-10-7-9-13(15(9)17)14(10)16-11(21)8-12(22)18(16)20(4,5)6/h9-10,13-18H,7-8H2,1-6H3. The first kappa shape index (κ1) is 14.9. The van der Waals surface area contributed by atoms with Crippen LogP contribution in [0.4, 0.5) is 0 Å². The van der Waals surface area contributed by atoms with E-state index in [2.05, 4.69) is 41.5 Å². The lowest BCUT2D eigenvalue weighted by Gasteiger charge is -2.37. The SMILES string of the molecule is CC(C)(C)C1C(=O)CC(=O)C1C1C2CC3C1C3C2C(C)(C)C. The van der Waals surface area contributed by atoms with Crippen molar-refractivity contribution in [1.82, 2.24) is 0 Å². The first-order chi connectivity index (χ1) is 10.0. The molecule has 5 aliphatic rings. The van der Waals surface area contributed by atoms with E-state index in [0.717, 1.165) is 23.7 Å². The molecule has 122 valence electrons. The highest BCUT2D eigenvalue weighted by atomic mass is 16.2. The largest absolute Gasteiger partial charge is 0.299 e.